The van der Waals surface area contributed by atoms with Crippen molar-refractivity contribution in [1.29, 1.82) is 0 Å². The van der Waals surface area contributed by atoms with Crippen molar-refractivity contribution < 1.29 is 37.9 Å². The van der Waals surface area contributed by atoms with Gasteiger partial charge in [-0.05, 0) is 57.8 Å². The van der Waals surface area contributed by atoms with Gasteiger partial charge in [0, 0.05) is 19.4 Å². The zero-order valence-corrected chi connectivity index (χ0v) is 27.5. The molecule has 248 valence electrons. The van der Waals surface area contributed by atoms with Crippen LogP contribution in [-0.2, 0) is 27.9 Å². The summed E-state index contributed by atoms with van der Waals surface area (Å²) in [5.74, 6) is -0.680. The fraction of sp³-hybridized carbons (Fsp3) is 0.529. The van der Waals surface area contributed by atoms with E-state index in [4.69, 9.17) is 9.26 Å². The molecule has 0 spiro atoms. The quantitative estimate of drug-likeness (QED) is 0.0369. The van der Waals surface area contributed by atoms with E-state index in [0.717, 1.165) is 51.4 Å². The molecule has 0 fully saturated rings. The molecular formula is C34H54NO8P. The summed E-state index contributed by atoms with van der Waals surface area (Å²) < 4.78 is 26.1. The zero-order valence-electron chi connectivity index (χ0n) is 26.6. The maximum atomic E-state index is 11.8. The number of phosphoric ester groups is 1. The summed E-state index contributed by atoms with van der Waals surface area (Å²) in [6.07, 6.45) is 37.4. The number of esters is 1. The van der Waals surface area contributed by atoms with Gasteiger partial charge in [0.05, 0.1) is 13.2 Å². The lowest BCUT2D eigenvalue weighted by molar-refractivity contribution is -0.147. The van der Waals surface area contributed by atoms with Crippen LogP contribution in [0.2, 0.25) is 0 Å². The Morgan fingerprint density at radius 1 is 0.727 bits per heavy atom. The number of phosphoric acid groups is 1. The SMILES string of the molecule is CC/C=C\C/C=C\C/C=C\C/C=C\C/C=C\C/C=C\C/C=C\CCCC(=O)OCC(O)COP(=O)(O)OCCNC(=O)CC. The van der Waals surface area contributed by atoms with E-state index in [1.807, 2.05) is 6.08 Å². The second kappa shape index (κ2) is 30.2. The summed E-state index contributed by atoms with van der Waals surface area (Å²) in [5.41, 5.74) is 0. The summed E-state index contributed by atoms with van der Waals surface area (Å²) >= 11 is 0. The Morgan fingerprint density at radius 3 is 1.68 bits per heavy atom. The number of ether oxygens (including phenoxy) is 1. The number of carbonyl (C=O) groups excluding carboxylic acids is 2. The Morgan fingerprint density at radius 2 is 1.20 bits per heavy atom. The fourth-order valence-corrected chi connectivity index (χ4v) is 4.04. The molecule has 44 heavy (non-hydrogen) atoms. The van der Waals surface area contributed by atoms with Crippen LogP contribution < -0.4 is 5.32 Å². The first-order valence-corrected chi connectivity index (χ1v) is 17.1. The first-order valence-electron chi connectivity index (χ1n) is 15.6. The predicted molar refractivity (Wildman–Crippen MR) is 178 cm³/mol. The lowest BCUT2D eigenvalue weighted by Crippen LogP contribution is -2.26. The molecule has 0 saturated carbocycles. The molecule has 3 N–H and O–H groups in total. The van der Waals surface area contributed by atoms with E-state index >= 15 is 0 Å². The summed E-state index contributed by atoms with van der Waals surface area (Å²) in [5, 5.41) is 12.3. The number of aliphatic hydroxyl groups excluding tert-OH is 1. The Labute approximate surface area is 264 Å². The van der Waals surface area contributed by atoms with E-state index in [-0.39, 0.29) is 32.1 Å². The van der Waals surface area contributed by atoms with Crippen LogP contribution in [0, 0.1) is 0 Å². The smallest absolute Gasteiger partial charge is 0.463 e. The molecular weight excluding hydrogens is 581 g/mol. The molecule has 2 unspecified atom stereocenters. The van der Waals surface area contributed by atoms with Gasteiger partial charge in [-0.1, -0.05) is 98.9 Å². The van der Waals surface area contributed by atoms with Gasteiger partial charge in [0.1, 0.15) is 12.7 Å². The van der Waals surface area contributed by atoms with Crippen molar-refractivity contribution in [1.82, 2.24) is 5.32 Å². The number of hydrogen-bond acceptors (Lipinski definition) is 7. The average molecular weight is 636 g/mol. The lowest BCUT2D eigenvalue weighted by Gasteiger charge is -2.15. The van der Waals surface area contributed by atoms with Gasteiger partial charge < -0.3 is 20.1 Å². The number of unbranched alkanes of at least 4 members (excludes halogenated alkanes) is 1. The van der Waals surface area contributed by atoms with Gasteiger partial charge >= 0.3 is 13.8 Å². The first-order chi connectivity index (χ1) is 21.3. The van der Waals surface area contributed by atoms with E-state index in [1.165, 1.54) is 0 Å². The van der Waals surface area contributed by atoms with Crippen molar-refractivity contribution in [2.24, 2.45) is 0 Å². The monoisotopic (exact) mass is 635 g/mol. The second-order valence-electron chi connectivity index (χ2n) is 9.65. The number of allylic oxidation sites excluding steroid dienone is 14. The van der Waals surface area contributed by atoms with Crippen molar-refractivity contribution in [3.05, 3.63) is 85.1 Å². The van der Waals surface area contributed by atoms with Crippen molar-refractivity contribution in [3.8, 4) is 0 Å². The molecule has 0 aromatic rings. The average Bonchev–Trinajstić information content (AvgIpc) is 3.01. The Kier molecular flexibility index (Phi) is 28.3. The van der Waals surface area contributed by atoms with E-state index in [0.29, 0.717) is 12.8 Å². The summed E-state index contributed by atoms with van der Waals surface area (Å²) in [4.78, 5) is 32.5. The number of nitrogens with one attached hydrogen (secondary N) is 1. The van der Waals surface area contributed by atoms with Crippen molar-refractivity contribution in [3.63, 3.8) is 0 Å². The standard InChI is InChI=1S/C34H54NO8P/c1-3-5-6-7-8-9-10-11-12-13-14-15-16-17-18-19-20-21-22-23-24-25-26-27-34(38)41-30-32(36)31-43-44(39,40)42-29-28-35-33(37)4-2/h5-6,8-9,11-12,14-15,17-18,20-21,23-24,32,36H,3-4,7,10,13,16,19,22,25-31H2,1-2H3,(H,35,37)(H,39,40)/b6-5-,9-8-,12-11-,15-14-,18-17-,21-20-,24-23-. The molecule has 0 saturated heterocycles. The minimum Gasteiger partial charge on any atom is -0.463 e. The molecule has 0 radical (unpaired) electrons. The number of rotatable bonds is 27. The number of carbonyl (C=O) groups is 2. The molecule has 0 aliphatic rings. The Balaban J connectivity index is 3.75. The normalized spacial score (nSPS) is 14.7. The minimum atomic E-state index is -4.39. The minimum absolute atomic E-state index is 0.0540. The Bertz CT molecular complexity index is 997. The van der Waals surface area contributed by atoms with E-state index in [1.54, 1.807) is 6.92 Å². The van der Waals surface area contributed by atoms with Crippen LogP contribution in [0.5, 0.6) is 0 Å². The van der Waals surface area contributed by atoms with Crippen LogP contribution in [0.3, 0.4) is 0 Å². The molecule has 0 aromatic carbocycles. The maximum absolute atomic E-state index is 11.8. The van der Waals surface area contributed by atoms with E-state index in [9.17, 15) is 24.2 Å². The van der Waals surface area contributed by atoms with Crippen LogP contribution in [0.4, 0.5) is 0 Å². The number of hydrogen-bond donors (Lipinski definition) is 3. The van der Waals surface area contributed by atoms with Gasteiger partial charge in [0.15, 0.2) is 0 Å². The van der Waals surface area contributed by atoms with Gasteiger partial charge in [-0.15, -0.1) is 0 Å². The van der Waals surface area contributed by atoms with Gasteiger partial charge in [-0.25, -0.2) is 4.57 Å². The van der Waals surface area contributed by atoms with Crippen molar-refractivity contribution >= 4 is 19.7 Å². The van der Waals surface area contributed by atoms with Crippen LogP contribution in [-0.4, -0.2) is 54.3 Å². The molecule has 1 amide bonds. The number of amides is 1. The van der Waals surface area contributed by atoms with Crippen LogP contribution in [0.1, 0.15) is 84.5 Å². The van der Waals surface area contributed by atoms with Crippen LogP contribution >= 0.6 is 7.82 Å². The maximum Gasteiger partial charge on any atom is 0.472 e. The van der Waals surface area contributed by atoms with Gasteiger partial charge in [0.25, 0.3) is 0 Å². The molecule has 2 atom stereocenters. The molecule has 0 aliphatic carbocycles. The van der Waals surface area contributed by atoms with Crippen molar-refractivity contribution in [2.45, 2.75) is 90.6 Å². The molecule has 10 heteroatoms. The predicted octanol–water partition coefficient (Wildman–Crippen LogP) is 7.36. The van der Waals surface area contributed by atoms with E-state index in [2.05, 4.69) is 95.8 Å². The topological polar surface area (TPSA) is 131 Å². The van der Waals surface area contributed by atoms with E-state index < -0.39 is 26.5 Å². The third kappa shape index (κ3) is 30.6. The highest BCUT2D eigenvalue weighted by atomic mass is 31.2. The fourth-order valence-electron chi connectivity index (χ4n) is 3.28. The lowest BCUT2D eigenvalue weighted by atomic mass is 10.2. The highest BCUT2D eigenvalue weighted by Gasteiger charge is 2.23. The largest absolute Gasteiger partial charge is 0.472 e. The summed E-state index contributed by atoms with van der Waals surface area (Å²) in [6, 6.07) is 0. The highest BCUT2D eigenvalue weighted by molar-refractivity contribution is 7.47. The third-order valence-corrected chi connectivity index (χ3v) is 6.64. The van der Waals surface area contributed by atoms with Gasteiger partial charge in [-0.2, -0.15) is 0 Å². The van der Waals surface area contributed by atoms with Crippen LogP contribution in [0.15, 0.2) is 85.1 Å². The third-order valence-electron chi connectivity index (χ3n) is 5.65. The summed E-state index contributed by atoms with van der Waals surface area (Å²) in [7, 11) is -4.39. The number of aliphatic hydroxyl groups is 1. The summed E-state index contributed by atoms with van der Waals surface area (Å²) in [6.45, 7) is 2.75. The molecule has 0 aromatic heterocycles. The highest BCUT2D eigenvalue weighted by Crippen LogP contribution is 2.42. The first kappa shape index (κ1) is 41.2. The molecule has 0 heterocycles. The van der Waals surface area contributed by atoms with Crippen molar-refractivity contribution in [2.75, 3.05) is 26.4 Å². The van der Waals surface area contributed by atoms with Gasteiger partial charge in [-0.3, -0.25) is 18.6 Å². The second-order valence-corrected chi connectivity index (χ2v) is 11.1. The van der Waals surface area contributed by atoms with Crippen LogP contribution in [0.25, 0.3) is 0 Å². The molecule has 0 rings (SSSR count). The molecule has 0 bridgehead atoms. The van der Waals surface area contributed by atoms with Gasteiger partial charge in [0.2, 0.25) is 5.91 Å². The molecule has 0 aliphatic heterocycles. The zero-order chi connectivity index (χ0) is 32.6. The Hall–Kier alpha value is -2.81. The molecule has 9 nitrogen and oxygen atoms in total.